The first-order valence-corrected chi connectivity index (χ1v) is 7.91. The van der Waals surface area contributed by atoms with Crippen LogP contribution in [0, 0.1) is 5.82 Å². The quantitative estimate of drug-likeness (QED) is 0.266. The molecule has 0 saturated carbocycles. The van der Waals surface area contributed by atoms with E-state index >= 15 is 0 Å². The lowest BCUT2D eigenvalue weighted by molar-refractivity contribution is -0.137. The Labute approximate surface area is 153 Å². The predicted octanol–water partition coefficient (Wildman–Crippen LogP) is 4.76. The molecule has 0 unspecified atom stereocenters. The van der Waals surface area contributed by atoms with Gasteiger partial charge in [-0.2, -0.15) is 0 Å². The largest absolute Gasteiger partial charge is 0.506 e. The highest BCUT2D eigenvalue weighted by atomic mass is 35.5. The van der Waals surface area contributed by atoms with Crippen molar-refractivity contribution in [3.8, 4) is 0 Å². The fraction of sp³-hybridized carbons (Fsp3) is 0.118. The molecule has 0 amide bonds. The number of hydrogen-bond donors (Lipinski definition) is 1. The van der Waals surface area contributed by atoms with E-state index in [1.54, 1.807) is 37.3 Å². The highest BCUT2D eigenvalue weighted by molar-refractivity contribution is 6.34. The van der Waals surface area contributed by atoms with E-state index in [-0.39, 0.29) is 22.9 Å². The Balaban J connectivity index is 2.53. The molecule has 1 aromatic heterocycles. The van der Waals surface area contributed by atoms with Gasteiger partial charge >= 0.3 is 5.97 Å². The molecular weight excluding hydrogens is 370 g/mol. The van der Waals surface area contributed by atoms with Crippen LogP contribution in [-0.4, -0.2) is 28.9 Å². The highest BCUT2D eigenvalue weighted by Crippen LogP contribution is 2.27. The maximum Gasteiger partial charge on any atom is 0.343 e. The summed E-state index contributed by atoms with van der Waals surface area (Å²) < 4.78 is 18.5. The van der Waals surface area contributed by atoms with E-state index < -0.39 is 22.7 Å². The van der Waals surface area contributed by atoms with E-state index in [9.17, 15) is 14.3 Å². The normalized spacial score (nSPS) is 12.2. The van der Waals surface area contributed by atoms with Crippen molar-refractivity contribution in [2.24, 2.45) is 4.99 Å². The highest BCUT2D eigenvalue weighted by Gasteiger charge is 2.20. The van der Waals surface area contributed by atoms with Gasteiger partial charge in [0.1, 0.15) is 16.5 Å². The molecule has 5 nitrogen and oxygen atoms in total. The summed E-state index contributed by atoms with van der Waals surface area (Å²) in [5.41, 5.74) is 0.0471. The number of rotatable bonds is 5. The minimum atomic E-state index is -0.893. The van der Waals surface area contributed by atoms with Gasteiger partial charge in [-0.3, -0.25) is 4.99 Å². The SMILES string of the molecule is CCOC(=O)C(C=Nc1ccccc1)=C(O)c1cc(F)c(Cl)nc1Cl. The Morgan fingerprint density at radius 2 is 2.00 bits per heavy atom. The maximum absolute atomic E-state index is 13.6. The summed E-state index contributed by atoms with van der Waals surface area (Å²) >= 11 is 11.4. The maximum atomic E-state index is 13.6. The minimum Gasteiger partial charge on any atom is -0.506 e. The number of aromatic nitrogens is 1. The molecule has 0 aliphatic rings. The molecule has 130 valence electrons. The van der Waals surface area contributed by atoms with Gasteiger partial charge in [0.25, 0.3) is 0 Å². The molecule has 0 spiro atoms. The fourth-order valence-corrected chi connectivity index (χ4v) is 2.24. The molecule has 0 saturated heterocycles. The number of nitrogens with zero attached hydrogens (tertiary/aromatic N) is 2. The van der Waals surface area contributed by atoms with E-state index in [0.717, 1.165) is 12.3 Å². The summed E-state index contributed by atoms with van der Waals surface area (Å²) in [6.07, 6.45) is 1.12. The molecule has 0 radical (unpaired) electrons. The summed E-state index contributed by atoms with van der Waals surface area (Å²) in [6, 6.07) is 9.61. The van der Waals surface area contributed by atoms with Gasteiger partial charge in [0, 0.05) is 6.21 Å². The molecule has 2 aromatic rings. The number of hydrogen-bond acceptors (Lipinski definition) is 5. The molecular formula is C17H13Cl2FN2O3. The number of carbonyl (C=O) groups excluding carboxylic acids is 1. The number of esters is 1. The van der Waals surface area contributed by atoms with Crippen LogP contribution in [0.5, 0.6) is 0 Å². The van der Waals surface area contributed by atoms with E-state index in [2.05, 4.69) is 9.98 Å². The molecule has 0 fully saturated rings. The van der Waals surface area contributed by atoms with Crippen LogP contribution in [0.1, 0.15) is 12.5 Å². The third-order valence-corrected chi connectivity index (χ3v) is 3.54. The lowest BCUT2D eigenvalue weighted by atomic mass is 10.1. The number of para-hydroxylation sites is 1. The Morgan fingerprint density at radius 1 is 1.32 bits per heavy atom. The molecule has 0 aliphatic carbocycles. The van der Waals surface area contributed by atoms with Gasteiger partial charge in [-0.05, 0) is 25.1 Å². The lowest BCUT2D eigenvalue weighted by Gasteiger charge is -2.08. The number of carbonyl (C=O) groups is 1. The van der Waals surface area contributed by atoms with Crippen LogP contribution in [0.25, 0.3) is 5.76 Å². The zero-order valence-corrected chi connectivity index (χ0v) is 14.6. The van der Waals surface area contributed by atoms with Gasteiger partial charge in [0.2, 0.25) is 0 Å². The number of ether oxygens (including phenoxy) is 1. The van der Waals surface area contributed by atoms with Crippen molar-refractivity contribution < 1.29 is 19.0 Å². The molecule has 25 heavy (non-hydrogen) atoms. The van der Waals surface area contributed by atoms with Crippen LogP contribution in [0.15, 0.2) is 47.0 Å². The summed E-state index contributed by atoms with van der Waals surface area (Å²) in [5.74, 6) is -2.35. The standard InChI is InChI=1S/C17H13Cl2FN2O3/c1-2-25-17(24)12(9-21-10-6-4-3-5-7-10)14(23)11-8-13(20)16(19)22-15(11)18/h3-9,23H,2H2,1H3. The smallest absolute Gasteiger partial charge is 0.343 e. The Bertz CT molecular complexity index is 839. The fourth-order valence-electron chi connectivity index (χ4n) is 1.83. The summed E-state index contributed by atoms with van der Waals surface area (Å²) in [4.78, 5) is 19.8. The zero-order valence-electron chi connectivity index (χ0n) is 13.0. The lowest BCUT2D eigenvalue weighted by Crippen LogP contribution is -2.11. The zero-order chi connectivity index (χ0) is 18.4. The first kappa shape index (κ1) is 18.9. The summed E-state index contributed by atoms with van der Waals surface area (Å²) in [6.45, 7) is 1.69. The number of pyridine rings is 1. The van der Waals surface area contributed by atoms with Crippen molar-refractivity contribution in [3.63, 3.8) is 0 Å². The van der Waals surface area contributed by atoms with Gasteiger partial charge < -0.3 is 9.84 Å². The number of halogens is 3. The second kappa shape index (κ2) is 8.60. The second-order valence-electron chi connectivity index (χ2n) is 4.68. The molecule has 0 aliphatic heterocycles. The average molecular weight is 383 g/mol. The van der Waals surface area contributed by atoms with Gasteiger partial charge in [0.05, 0.1) is 17.9 Å². The van der Waals surface area contributed by atoms with Crippen LogP contribution in [-0.2, 0) is 9.53 Å². The third-order valence-electron chi connectivity index (χ3n) is 2.99. The number of aliphatic imine (C=N–C) groups is 1. The van der Waals surface area contributed by atoms with Crippen molar-refractivity contribution in [2.75, 3.05) is 6.61 Å². The van der Waals surface area contributed by atoms with Crippen LogP contribution < -0.4 is 0 Å². The molecule has 1 aromatic carbocycles. The topological polar surface area (TPSA) is 71.8 Å². The summed E-state index contributed by atoms with van der Waals surface area (Å²) in [7, 11) is 0. The molecule has 1 N–H and O–H groups in total. The number of aliphatic hydroxyl groups is 1. The Hall–Kier alpha value is -2.44. The van der Waals surface area contributed by atoms with Crippen LogP contribution in [0.4, 0.5) is 10.1 Å². The Kier molecular flexibility index (Phi) is 6.50. The van der Waals surface area contributed by atoms with Crippen molar-refractivity contribution in [2.45, 2.75) is 6.92 Å². The van der Waals surface area contributed by atoms with Crippen molar-refractivity contribution in [1.29, 1.82) is 0 Å². The molecule has 2 rings (SSSR count). The van der Waals surface area contributed by atoms with Crippen LogP contribution >= 0.6 is 23.2 Å². The van der Waals surface area contributed by atoms with E-state index in [1.807, 2.05) is 0 Å². The summed E-state index contributed by atoms with van der Waals surface area (Å²) in [5, 5.41) is 9.69. The minimum absolute atomic E-state index is 0.0791. The molecule has 0 bridgehead atoms. The third kappa shape index (κ3) is 4.78. The number of benzene rings is 1. The monoisotopic (exact) mass is 382 g/mol. The van der Waals surface area contributed by atoms with Crippen molar-refractivity contribution >= 4 is 46.8 Å². The predicted molar refractivity (Wildman–Crippen MR) is 95.0 cm³/mol. The van der Waals surface area contributed by atoms with E-state index in [0.29, 0.717) is 5.69 Å². The van der Waals surface area contributed by atoms with Crippen LogP contribution in [0.3, 0.4) is 0 Å². The van der Waals surface area contributed by atoms with Crippen LogP contribution in [0.2, 0.25) is 10.3 Å². The van der Waals surface area contributed by atoms with Gasteiger partial charge in [-0.15, -0.1) is 0 Å². The van der Waals surface area contributed by atoms with E-state index in [1.165, 1.54) is 0 Å². The average Bonchev–Trinajstić information content (AvgIpc) is 2.59. The van der Waals surface area contributed by atoms with Crippen molar-refractivity contribution in [1.82, 2.24) is 4.98 Å². The number of aliphatic hydroxyl groups excluding tert-OH is 1. The van der Waals surface area contributed by atoms with Gasteiger partial charge in [-0.25, -0.2) is 14.2 Å². The first-order chi connectivity index (χ1) is 11.9. The first-order valence-electron chi connectivity index (χ1n) is 7.15. The second-order valence-corrected chi connectivity index (χ2v) is 5.39. The molecule has 1 heterocycles. The molecule has 8 heteroatoms. The van der Waals surface area contributed by atoms with Crippen molar-refractivity contribution in [3.05, 3.63) is 63.7 Å². The Morgan fingerprint density at radius 3 is 2.64 bits per heavy atom. The van der Waals surface area contributed by atoms with Gasteiger partial charge in [0.15, 0.2) is 11.0 Å². The van der Waals surface area contributed by atoms with E-state index in [4.69, 9.17) is 27.9 Å². The molecule has 0 atom stereocenters. The van der Waals surface area contributed by atoms with Gasteiger partial charge in [-0.1, -0.05) is 41.4 Å².